The maximum atomic E-state index is 10.9. The molecule has 4 heteroatoms. The maximum absolute atomic E-state index is 10.9. The molecule has 0 fully saturated rings. The van der Waals surface area contributed by atoms with Crippen molar-refractivity contribution < 1.29 is 9.53 Å². The monoisotopic (exact) mass is 202 g/mol. The highest BCUT2D eigenvalue weighted by Gasteiger charge is 2.03. The van der Waals surface area contributed by atoms with Crippen molar-refractivity contribution in [3.63, 3.8) is 0 Å². The van der Waals surface area contributed by atoms with Gasteiger partial charge in [0.05, 0.1) is 7.11 Å². The first-order valence-electron chi connectivity index (χ1n) is 4.44. The van der Waals surface area contributed by atoms with Crippen LogP contribution in [0, 0.1) is 0 Å². The van der Waals surface area contributed by atoms with Crippen molar-refractivity contribution in [2.24, 2.45) is 5.73 Å². The molecule has 0 radical (unpaired) electrons. The van der Waals surface area contributed by atoms with E-state index in [1.165, 1.54) is 0 Å². The number of carbonyl (C=O) groups excluding carboxylic acids is 1. The number of amides is 1. The van der Waals surface area contributed by atoms with Gasteiger partial charge in [-0.3, -0.25) is 9.78 Å². The van der Waals surface area contributed by atoms with Gasteiger partial charge in [-0.25, -0.2) is 0 Å². The first kappa shape index (κ1) is 9.45. The molecule has 4 nitrogen and oxygen atoms in total. The Hall–Kier alpha value is -2.10. The topological polar surface area (TPSA) is 65.2 Å². The van der Waals surface area contributed by atoms with Gasteiger partial charge in [-0.15, -0.1) is 0 Å². The molecule has 0 aliphatic rings. The molecule has 15 heavy (non-hydrogen) atoms. The Kier molecular flexibility index (Phi) is 2.25. The molecule has 0 aliphatic carbocycles. The van der Waals surface area contributed by atoms with Crippen LogP contribution in [0.1, 0.15) is 10.5 Å². The van der Waals surface area contributed by atoms with Crippen LogP contribution >= 0.6 is 0 Å². The number of benzene rings is 1. The molecule has 0 spiro atoms. The van der Waals surface area contributed by atoms with Gasteiger partial charge in [0, 0.05) is 11.6 Å². The lowest BCUT2D eigenvalue weighted by Crippen LogP contribution is -2.12. The van der Waals surface area contributed by atoms with Crippen molar-refractivity contribution in [1.29, 1.82) is 0 Å². The molecule has 1 heterocycles. The Morgan fingerprint density at radius 1 is 1.33 bits per heavy atom. The molecule has 1 amide bonds. The number of aromatic nitrogens is 1. The van der Waals surface area contributed by atoms with E-state index in [1.807, 2.05) is 18.2 Å². The molecule has 0 saturated heterocycles. The van der Waals surface area contributed by atoms with E-state index in [-0.39, 0.29) is 5.69 Å². The molecule has 0 bridgehead atoms. The molecule has 2 rings (SSSR count). The largest absolute Gasteiger partial charge is 0.497 e. The zero-order chi connectivity index (χ0) is 10.8. The third kappa shape index (κ3) is 1.74. The Labute approximate surface area is 86.7 Å². The van der Waals surface area contributed by atoms with Gasteiger partial charge in [0.2, 0.25) is 0 Å². The third-order valence-corrected chi connectivity index (χ3v) is 2.18. The number of pyridine rings is 1. The van der Waals surface area contributed by atoms with Crippen LogP contribution < -0.4 is 10.5 Å². The van der Waals surface area contributed by atoms with Crippen LogP contribution in [0.3, 0.4) is 0 Å². The van der Waals surface area contributed by atoms with Crippen LogP contribution in [0.5, 0.6) is 5.75 Å². The van der Waals surface area contributed by atoms with Crippen molar-refractivity contribution in [3.05, 3.63) is 36.2 Å². The molecular formula is C11H10N2O2. The van der Waals surface area contributed by atoms with Gasteiger partial charge in [-0.2, -0.15) is 0 Å². The second-order valence-electron chi connectivity index (χ2n) is 3.15. The summed E-state index contributed by atoms with van der Waals surface area (Å²) in [5.41, 5.74) is 5.41. The van der Waals surface area contributed by atoms with E-state index < -0.39 is 5.91 Å². The summed E-state index contributed by atoms with van der Waals surface area (Å²) in [7, 11) is 1.60. The van der Waals surface area contributed by atoms with Gasteiger partial charge in [0.1, 0.15) is 11.4 Å². The van der Waals surface area contributed by atoms with Gasteiger partial charge in [0.25, 0.3) is 5.91 Å². The fourth-order valence-corrected chi connectivity index (χ4v) is 1.38. The number of ether oxygens (including phenoxy) is 1. The van der Waals surface area contributed by atoms with Crippen LogP contribution in [0.25, 0.3) is 10.8 Å². The Bertz CT molecular complexity index is 523. The smallest absolute Gasteiger partial charge is 0.267 e. The number of hydrogen-bond donors (Lipinski definition) is 1. The van der Waals surface area contributed by atoms with Crippen molar-refractivity contribution >= 4 is 16.7 Å². The summed E-state index contributed by atoms with van der Waals surface area (Å²) in [5, 5.41) is 1.83. The third-order valence-electron chi connectivity index (χ3n) is 2.18. The highest BCUT2D eigenvalue weighted by molar-refractivity contribution is 5.95. The average Bonchev–Trinajstić information content (AvgIpc) is 2.27. The van der Waals surface area contributed by atoms with Crippen LogP contribution in [-0.4, -0.2) is 18.0 Å². The summed E-state index contributed by atoms with van der Waals surface area (Å²) in [6.45, 7) is 0. The predicted octanol–water partition coefficient (Wildman–Crippen LogP) is 1.34. The van der Waals surface area contributed by atoms with E-state index in [0.717, 1.165) is 16.5 Å². The van der Waals surface area contributed by atoms with E-state index in [1.54, 1.807) is 19.4 Å². The normalized spacial score (nSPS) is 10.2. The number of methoxy groups -OCH3 is 1. The summed E-state index contributed by atoms with van der Waals surface area (Å²) >= 11 is 0. The lowest BCUT2D eigenvalue weighted by atomic mass is 10.1. The molecule has 2 N–H and O–H groups in total. The minimum atomic E-state index is -0.521. The van der Waals surface area contributed by atoms with Crippen LogP contribution in [0.15, 0.2) is 30.5 Å². The lowest BCUT2D eigenvalue weighted by Gasteiger charge is -2.02. The summed E-state index contributed by atoms with van der Waals surface area (Å²) in [4.78, 5) is 14.9. The first-order valence-corrected chi connectivity index (χ1v) is 4.44. The fraction of sp³-hybridized carbons (Fsp3) is 0.0909. The second kappa shape index (κ2) is 3.57. The SMILES string of the molecule is COc1ccc2cc(C(N)=O)ncc2c1. The van der Waals surface area contributed by atoms with E-state index in [2.05, 4.69) is 4.98 Å². The molecule has 0 unspecified atom stereocenters. The van der Waals surface area contributed by atoms with Gasteiger partial charge in [-0.1, -0.05) is 6.07 Å². The van der Waals surface area contributed by atoms with Crippen molar-refractivity contribution in [2.45, 2.75) is 0 Å². The van der Waals surface area contributed by atoms with Gasteiger partial charge in [0.15, 0.2) is 0 Å². The van der Waals surface area contributed by atoms with E-state index in [4.69, 9.17) is 10.5 Å². The summed E-state index contributed by atoms with van der Waals surface area (Å²) in [6.07, 6.45) is 1.61. The lowest BCUT2D eigenvalue weighted by molar-refractivity contribution is 0.0996. The minimum Gasteiger partial charge on any atom is -0.497 e. The molecule has 2 aromatic rings. The molecule has 1 aromatic heterocycles. The highest BCUT2D eigenvalue weighted by Crippen LogP contribution is 2.20. The summed E-state index contributed by atoms with van der Waals surface area (Å²) in [5.74, 6) is 0.240. The summed E-state index contributed by atoms with van der Waals surface area (Å²) in [6, 6.07) is 7.21. The molecule has 1 aromatic carbocycles. The Morgan fingerprint density at radius 3 is 2.80 bits per heavy atom. The number of fused-ring (bicyclic) bond motifs is 1. The number of nitrogens with two attached hydrogens (primary N) is 1. The fourth-order valence-electron chi connectivity index (χ4n) is 1.38. The average molecular weight is 202 g/mol. The standard InChI is InChI=1S/C11H10N2O2/c1-15-9-3-2-7-5-10(11(12)14)13-6-8(7)4-9/h2-6H,1H3,(H2,12,14). The number of nitrogens with zero attached hydrogens (tertiary/aromatic N) is 1. The first-order chi connectivity index (χ1) is 7.20. The Balaban J connectivity index is 2.59. The van der Waals surface area contributed by atoms with E-state index in [0.29, 0.717) is 0 Å². The van der Waals surface area contributed by atoms with Gasteiger partial charge < -0.3 is 10.5 Å². The van der Waals surface area contributed by atoms with E-state index in [9.17, 15) is 4.79 Å². The molecular weight excluding hydrogens is 192 g/mol. The second-order valence-corrected chi connectivity index (χ2v) is 3.15. The van der Waals surface area contributed by atoms with E-state index >= 15 is 0 Å². The molecule has 0 atom stereocenters. The highest BCUT2D eigenvalue weighted by atomic mass is 16.5. The number of primary amides is 1. The minimum absolute atomic E-state index is 0.271. The number of hydrogen-bond acceptors (Lipinski definition) is 3. The zero-order valence-corrected chi connectivity index (χ0v) is 8.23. The van der Waals surface area contributed by atoms with Crippen molar-refractivity contribution in [3.8, 4) is 5.75 Å². The molecule has 76 valence electrons. The van der Waals surface area contributed by atoms with Crippen LogP contribution in [-0.2, 0) is 0 Å². The molecule has 0 saturated carbocycles. The van der Waals surface area contributed by atoms with Crippen molar-refractivity contribution in [1.82, 2.24) is 4.98 Å². The number of rotatable bonds is 2. The number of carbonyl (C=O) groups is 1. The predicted molar refractivity (Wildman–Crippen MR) is 56.8 cm³/mol. The van der Waals surface area contributed by atoms with Crippen LogP contribution in [0.4, 0.5) is 0 Å². The quantitative estimate of drug-likeness (QED) is 0.799. The molecule has 0 aliphatic heterocycles. The van der Waals surface area contributed by atoms with Crippen LogP contribution in [0.2, 0.25) is 0 Å². The summed E-state index contributed by atoms with van der Waals surface area (Å²) < 4.78 is 5.08. The zero-order valence-electron chi connectivity index (χ0n) is 8.23. The maximum Gasteiger partial charge on any atom is 0.267 e. The Morgan fingerprint density at radius 2 is 2.13 bits per heavy atom. The van der Waals surface area contributed by atoms with Gasteiger partial charge in [-0.05, 0) is 23.6 Å². The van der Waals surface area contributed by atoms with Crippen molar-refractivity contribution in [2.75, 3.05) is 7.11 Å². The van der Waals surface area contributed by atoms with Gasteiger partial charge >= 0.3 is 0 Å².